The summed E-state index contributed by atoms with van der Waals surface area (Å²) in [5.74, 6) is -0.138. The van der Waals surface area contributed by atoms with Crippen LogP contribution in [0.15, 0.2) is 18.2 Å². The lowest BCUT2D eigenvalue weighted by Crippen LogP contribution is -2.47. The minimum absolute atomic E-state index is 0.0566. The van der Waals surface area contributed by atoms with Crippen LogP contribution in [0.5, 0.6) is 0 Å². The first-order valence-corrected chi connectivity index (χ1v) is 10.4. The SMILES string of the molecule is CN1CCN(C(=O)c2cc([N+](=O)[O-])ccc2N(CCBr)CCBr)CC1. The maximum atomic E-state index is 13.0. The van der Waals surface area contributed by atoms with E-state index in [9.17, 15) is 14.9 Å². The summed E-state index contributed by atoms with van der Waals surface area (Å²) in [7, 11) is 2.02. The number of benzene rings is 1. The van der Waals surface area contributed by atoms with Crippen LogP contribution < -0.4 is 4.90 Å². The quantitative estimate of drug-likeness (QED) is 0.343. The zero-order chi connectivity index (χ0) is 18.4. The smallest absolute Gasteiger partial charge is 0.270 e. The number of anilines is 1. The molecule has 0 saturated carbocycles. The predicted octanol–water partition coefficient (Wildman–Crippen LogP) is 2.58. The molecule has 1 saturated heterocycles. The van der Waals surface area contributed by atoms with Crippen molar-refractivity contribution in [2.45, 2.75) is 0 Å². The molecular weight excluding hydrogens is 456 g/mol. The molecule has 1 aromatic carbocycles. The molecule has 0 atom stereocenters. The van der Waals surface area contributed by atoms with E-state index >= 15 is 0 Å². The Morgan fingerprint density at radius 3 is 2.32 bits per heavy atom. The number of amides is 1. The average Bonchev–Trinajstić information content (AvgIpc) is 2.61. The number of piperazine rings is 1. The van der Waals surface area contributed by atoms with Gasteiger partial charge in [-0.15, -0.1) is 0 Å². The van der Waals surface area contributed by atoms with Gasteiger partial charge in [0.1, 0.15) is 0 Å². The molecule has 1 fully saturated rings. The van der Waals surface area contributed by atoms with E-state index in [-0.39, 0.29) is 11.6 Å². The third-order valence-corrected chi connectivity index (χ3v) is 4.97. The third-order valence-electron chi connectivity index (χ3n) is 4.26. The van der Waals surface area contributed by atoms with Crippen LogP contribution in [0.1, 0.15) is 10.4 Å². The molecule has 0 spiro atoms. The zero-order valence-electron chi connectivity index (χ0n) is 14.2. The number of nitro benzene ring substituents is 1. The van der Waals surface area contributed by atoms with Gasteiger partial charge >= 0.3 is 0 Å². The Hall–Kier alpha value is -1.19. The molecule has 25 heavy (non-hydrogen) atoms. The van der Waals surface area contributed by atoms with Gasteiger partial charge in [-0.2, -0.15) is 0 Å². The Morgan fingerprint density at radius 2 is 1.80 bits per heavy atom. The summed E-state index contributed by atoms with van der Waals surface area (Å²) in [5.41, 5.74) is 1.09. The van der Waals surface area contributed by atoms with Crippen molar-refractivity contribution in [2.24, 2.45) is 0 Å². The molecule has 1 aromatic rings. The standard InChI is InChI=1S/C16H22Br2N4O3/c1-19-8-10-21(11-9-19)16(23)14-12-13(22(24)25)2-3-15(14)20(6-4-17)7-5-18/h2-3,12H,4-11H2,1H3. The molecule has 0 aliphatic carbocycles. The molecule has 138 valence electrons. The van der Waals surface area contributed by atoms with Crippen LogP contribution in [-0.2, 0) is 0 Å². The minimum Gasteiger partial charge on any atom is -0.369 e. The van der Waals surface area contributed by atoms with Gasteiger partial charge in [-0.05, 0) is 13.1 Å². The number of nitro groups is 1. The summed E-state index contributed by atoms with van der Waals surface area (Å²) in [5, 5.41) is 12.7. The van der Waals surface area contributed by atoms with Gasteiger partial charge in [-0.25, -0.2) is 0 Å². The first kappa shape index (κ1) is 20.1. The fourth-order valence-corrected chi connectivity index (χ4v) is 3.68. The highest BCUT2D eigenvalue weighted by Crippen LogP contribution is 2.27. The van der Waals surface area contributed by atoms with Crippen molar-refractivity contribution in [1.82, 2.24) is 9.80 Å². The summed E-state index contributed by atoms with van der Waals surface area (Å²) >= 11 is 6.87. The van der Waals surface area contributed by atoms with E-state index in [0.717, 1.165) is 29.4 Å². The Bertz CT molecular complexity index is 615. The van der Waals surface area contributed by atoms with Gasteiger partial charge < -0.3 is 14.7 Å². The molecule has 2 rings (SSSR count). The molecule has 1 aliphatic heterocycles. The van der Waals surface area contributed by atoms with Gasteiger partial charge in [0.25, 0.3) is 11.6 Å². The van der Waals surface area contributed by atoms with Crippen LogP contribution in [0.3, 0.4) is 0 Å². The van der Waals surface area contributed by atoms with E-state index in [1.807, 2.05) is 7.05 Å². The first-order valence-electron chi connectivity index (χ1n) is 8.11. The second-order valence-corrected chi connectivity index (χ2v) is 7.51. The zero-order valence-corrected chi connectivity index (χ0v) is 17.3. The first-order chi connectivity index (χ1) is 12.0. The van der Waals surface area contributed by atoms with Crippen molar-refractivity contribution in [3.63, 3.8) is 0 Å². The second kappa shape index (κ2) is 9.49. The average molecular weight is 478 g/mol. The number of nitrogens with zero attached hydrogens (tertiary/aromatic N) is 4. The molecule has 0 bridgehead atoms. The Kier molecular flexibility index (Phi) is 7.64. The Balaban J connectivity index is 2.38. The largest absolute Gasteiger partial charge is 0.369 e. The number of likely N-dealkylation sites (N-methyl/N-ethyl adjacent to an activating group) is 1. The number of halogens is 2. The van der Waals surface area contributed by atoms with Gasteiger partial charge in [0, 0.05) is 62.1 Å². The monoisotopic (exact) mass is 476 g/mol. The number of hydrogen-bond donors (Lipinski definition) is 0. The van der Waals surface area contributed by atoms with Crippen LogP contribution in [0.25, 0.3) is 0 Å². The molecule has 7 nitrogen and oxygen atoms in total. The predicted molar refractivity (Wildman–Crippen MR) is 106 cm³/mol. The second-order valence-electron chi connectivity index (χ2n) is 5.92. The lowest BCUT2D eigenvalue weighted by molar-refractivity contribution is -0.384. The van der Waals surface area contributed by atoms with Crippen LogP contribution in [0.2, 0.25) is 0 Å². The number of carbonyl (C=O) groups is 1. The maximum absolute atomic E-state index is 13.0. The molecule has 1 aliphatic rings. The fourth-order valence-electron chi connectivity index (χ4n) is 2.82. The van der Waals surface area contributed by atoms with Crippen molar-refractivity contribution in [2.75, 3.05) is 61.9 Å². The van der Waals surface area contributed by atoms with Crippen LogP contribution in [-0.4, -0.2) is 77.6 Å². The van der Waals surface area contributed by atoms with Gasteiger partial charge in [-0.3, -0.25) is 14.9 Å². The highest BCUT2D eigenvalue weighted by molar-refractivity contribution is 9.09. The molecular formula is C16H22Br2N4O3. The van der Waals surface area contributed by atoms with E-state index in [4.69, 9.17) is 0 Å². The Labute approximate surface area is 164 Å². The van der Waals surface area contributed by atoms with E-state index in [1.165, 1.54) is 12.1 Å². The van der Waals surface area contributed by atoms with Crippen molar-refractivity contribution >= 4 is 49.1 Å². The molecule has 0 N–H and O–H groups in total. The van der Waals surface area contributed by atoms with Crippen LogP contribution in [0.4, 0.5) is 11.4 Å². The molecule has 0 aromatic heterocycles. The summed E-state index contributed by atoms with van der Waals surface area (Å²) in [6.45, 7) is 4.31. The van der Waals surface area contributed by atoms with E-state index < -0.39 is 4.92 Å². The molecule has 0 unspecified atom stereocenters. The molecule has 1 heterocycles. The van der Waals surface area contributed by atoms with Crippen LogP contribution >= 0.6 is 31.9 Å². The summed E-state index contributed by atoms with van der Waals surface area (Å²) in [6, 6.07) is 4.56. The molecule has 1 amide bonds. The lowest BCUT2D eigenvalue weighted by atomic mass is 10.1. The maximum Gasteiger partial charge on any atom is 0.270 e. The van der Waals surface area contributed by atoms with Gasteiger partial charge in [0.05, 0.1) is 16.2 Å². The number of hydrogen-bond acceptors (Lipinski definition) is 5. The number of non-ortho nitro benzene ring substituents is 1. The lowest BCUT2D eigenvalue weighted by Gasteiger charge is -2.33. The molecule has 0 radical (unpaired) electrons. The minimum atomic E-state index is -0.455. The third kappa shape index (κ3) is 5.15. The van der Waals surface area contributed by atoms with E-state index in [2.05, 4.69) is 41.7 Å². The molecule has 9 heteroatoms. The van der Waals surface area contributed by atoms with Crippen molar-refractivity contribution in [1.29, 1.82) is 0 Å². The Morgan fingerprint density at radius 1 is 1.20 bits per heavy atom. The van der Waals surface area contributed by atoms with Gasteiger partial charge in [-0.1, -0.05) is 31.9 Å². The highest BCUT2D eigenvalue weighted by atomic mass is 79.9. The van der Waals surface area contributed by atoms with Gasteiger partial charge in [0.15, 0.2) is 0 Å². The number of alkyl halides is 2. The number of rotatable bonds is 7. The van der Waals surface area contributed by atoms with Crippen molar-refractivity contribution < 1.29 is 9.72 Å². The van der Waals surface area contributed by atoms with Gasteiger partial charge in [0.2, 0.25) is 0 Å². The number of carbonyl (C=O) groups excluding carboxylic acids is 1. The van der Waals surface area contributed by atoms with Crippen molar-refractivity contribution in [3.05, 3.63) is 33.9 Å². The summed E-state index contributed by atoms with van der Waals surface area (Å²) in [4.78, 5) is 29.8. The highest BCUT2D eigenvalue weighted by Gasteiger charge is 2.26. The topological polar surface area (TPSA) is 69.9 Å². The normalized spacial score (nSPS) is 15.2. The van der Waals surface area contributed by atoms with Crippen molar-refractivity contribution in [3.8, 4) is 0 Å². The summed E-state index contributed by atoms with van der Waals surface area (Å²) < 4.78 is 0. The van der Waals surface area contributed by atoms with E-state index in [0.29, 0.717) is 31.7 Å². The summed E-state index contributed by atoms with van der Waals surface area (Å²) in [6.07, 6.45) is 0. The fraction of sp³-hybridized carbons (Fsp3) is 0.562. The van der Waals surface area contributed by atoms with Crippen LogP contribution in [0, 0.1) is 10.1 Å². The van der Waals surface area contributed by atoms with E-state index in [1.54, 1.807) is 11.0 Å².